The molecule has 0 spiro atoms. The van der Waals surface area contributed by atoms with Crippen molar-refractivity contribution < 1.29 is 13.6 Å². The smallest absolute Gasteiger partial charge is 0.248 e. The molecule has 104 valence electrons. The number of carbonyl (C=O) groups is 1. The van der Waals surface area contributed by atoms with Gasteiger partial charge in [0.15, 0.2) is 0 Å². The van der Waals surface area contributed by atoms with Crippen LogP contribution in [-0.2, 0) is 17.6 Å². The third-order valence-corrected chi connectivity index (χ3v) is 3.91. The Morgan fingerprint density at radius 1 is 1.26 bits per heavy atom. The summed E-state index contributed by atoms with van der Waals surface area (Å²) in [5, 5.41) is 0. The lowest BCUT2D eigenvalue weighted by molar-refractivity contribution is -0.129. The molecule has 0 radical (unpaired) electrons. The Labute approximate surface area is 113 Å². The average molecular weight is 266 g/mol. The number of carbonyl (C=O) groups excluding carboxylic acids is 1. The minimum absolute atomic E-state index is 0.0383. The van der Waals surface area contributed by atoms with Crippen LogP contribution in [0.15, 0.2) is 24.3 Å². The van der Waals surface area contributed by atoms with Gasteiger partial charge in [0.25, 0.3) is 0 Å². The number of alkyl halides is 2. The van der Waals surface area contributed by atoms with E-state index >= 15 is 0 Å². The molecule has 1 aliphatic carbocycles. The van der Waals surface area contributed by atoms with Crippen LogP contribution in [0.5, 0.6) is 0 Å². The highest BCUT2D eigenvalue weighted by molar-refractivity contribution is 5.83. The molecule has 1 aromatic carbocycles. The van der Waals surface area contributed by atoms with Crippen LogP contribution in [0.4, 0.5) is 8.78 Å². The summed E-state index contributed by atoms with van der Waals surface area (Å²) in [6.45, 7) is 2.07. The molecule has 1 saturated carbocycles. The van der Waals surface area contributed by atoms with Gasteiger partial charge in [-0.3, -0.25) is 4.79 Å². The molecule has 0 amide bonds. The molecule has 1 nitrogen and oxygen atoms in total. The Hall–Kier alpha value is -1.25. The fraction of sp³-hybridized carbons (Fsp3) is 0.562. The third kappa shape index (κ3) is 3.85. The molecule has 0 aliphatic heterocycles. The lowest BCUT2D eigenvalue weighted by Crippen LogP contribution is -2.31. The van der Waals surface area contributed by atoms with Crippen LogP contribution in [0.3, 0.4) is 0 Å². The molecule has 0 saturated heterocycles. The topological polar surface area (TPSA) is 17.1 Å². The Bertz CT molecular complexity index is 437. The molecule has 1 fully saturated rings. The van der Waals surface area contributed by atoms with Crippen molar-refractivity contribution >= 4 is 5.78 Å². The molecule has 2 rings (SSSR count). The quantitative estimate of drug-likeness (QED) is 0.798. The van der Waals surface area contributed by atoms with Crippen molar-refractivity contribution in [3.8, 4) is 0 Å². The number of aryl methyl sites for hydroxylation is 1. The Balaban J connectivity index is 1.96. The second-order valence-electron chi connectivity index (χ2n) is 5.46. The van der Waals surface area contributed by atoms with Crippen LogP contribution in [0.2, 0.25) is 0 Å². The van der Waals surface area contributed by atoms with E-state index in [0.717, 1.165) is 12.0 Å². The van der Waals surface area contributed by atoms with E-state index in [1.807, 2.05) is 24.3 Å². The normalized spacial score (nSPS) is 22.2. The summed E-state index contributed by atoms with van der Waals surface area (Å²) in [6, 6.07) is 7.85. The maximum atomic E-state index is 13.3. The highest BCUT2D eigenvalue weighted by Crippen LogP contribution is 2.37. The van der Waals surface area contributed by atoms with Crippen LogP contribution in [0.25, 0.3) is 0 Å². The second kappa shape index (κ2) is 5.81. The van der Waals surface area contributed by atoms with Gasteiger partial charge in [0.1, 0.15) is 5.78 Å². The van der Waals surface area contributed by atoms with E-state index in [9.17, 15) is 13.6 Å². The van der Waals surface area contributed by atoms with Gasteiger partial charge in [0.05, 0.1) is 0 Å². The minimum Gasteiger partial charge on any atom is -0.299 e. The number of ketones is 1. The Morgan fingerprint density at radius 2 is 1.89 bits per heavy atom. The van der Waals surface area contributed by atoms with Gasteiger partial charge in [0, 0.05) is 25.2 Å². The van der Waals surface area contributed by atoms with Crippen LogP contribution < -0.4 is 0 Å². The van der Waals surface area contributed by atoms with Crippen molar-refractivity contribution in [1.29, 1.82) is 0 Å². The van der Waals surface area contributed by atoms with E-state index in [-0.39, 0.29) is 25.0 Å². The van der Waals surface area contributed by atoms with Crippen LogP contribution in [0.1, 0.15) is 43.7 Å². The maximum Gasteiger partial charge on any atom is 0.248 e. The first-order chi connectivity index (χ1) is 9.00. The van der Waals surface area contributed by atoms with Gasteiger partial charge in [-0.25, -0.2) is 8.78 Å². The number of hydrogen-bond donors (Lipinski definition) is 0. The van der Waals surface area contributed by atoms with E-state index in [0.29, 0.717) is 12.8 Å². The zero-order valence-corrected chi connectivity index (χ0v) is 11.3. The Morgan fingerprint density at radius 3 is 2.47 bits per heavy atom. The Kier molecular flexibility index (Phi) is 4.33. The third-order valence-electron chi connectivity index (χ3n) is 3.91. The zero-order chi connectivity index (χ0) is 13.9. The summed E-state index contributed by atoms with van der Waals surface area (Å²) in [4.78, 5) is 12.1. The monoisotopic (exact) mass is 266 g/mol. The van der Waals surface area contributed by atoms with E-state index < -0.39 is 11.8 Å². The van der Waals surface area contributed by atoms with E-state index in [4.69, 9.17) is 0 Å². The van der Waals surface area contributed by atoms with Gasteiger partial charge >= 0.3 is 0 Å². The first kappa shape index (κ1) is 14.2. The molecule has 1 aromatic rings. The van der Waals surface area contributed by atoms with Gasteiger partial charge in [0.2, 0.25) is 5.92 Å². The molecule has 0 heterocycles. The highest BCUT2D eigenvalue weighted by atomic mass is 19.3. The molecule has 19 heavy (non-hydrogen) atoms. The highest BCUT2D eigenvalue weighted by Gasteiger charge is 2.38. The molecule has 1 unspecified atom stereocenters. The SMILES string of the molecule is CCc1ccc(CC(=O)C2CCCC(F)(F)C2)cc1. The largest absolute Gasteiger partial charge is 0.299 e. The zero-order valence-electron chi connectivity index (χ0n) is 11.3. The van der Waals surface area contributed by atoms with Crippen LogP contribution in [-0.4, -0.2) is 11.7 Å². The standard InChI is InChI=1S/C16H20F2O/c1-2-12-5-7-13(8-6-12)10-15(19)14-4-3-9-16(17,18)11-14/h5-8,14H,2-4,9-11H2,1H3. The summed E-state index contributed by atoms with van der Waals surface area (Å²) < 4.78 is 26.6. The summed E-state index contributed by atoms with van der Waals surface area (Å²) in [5.74, 6) is -3.15. The molecular weight excluding hydrogens is 246 g/mol. The van der Waals surface area contributed by atoms with Crippen molar-refractivity contribution in [2.45, 2.75) is 51.4 Å². The maximum absolute atomic E-state index is 13.3. The number of hydrogen-bond acceptors (Lipinski definition) is 1. The minimum atomic E-state index is -2.65. The van der Waals surface area contributed by atoms with Gasteiger partial charge in [-0.05, 0) is 30.4 Å². The van der Waals surface area contributed by atoms with E-state index in [1.165, 1.54) is 5.56 Å². The fourth-order valence-corrected chi connectivity index (χ4v) is 2.68. The summed E-state index contributed by atoms with van der Waals surface area (Å²) in [5.41, 5.74) is 2.15. The van der Waals surface area contributed by atoms with Gasteiger partial charge in [-0.2, -0.15) is 0 Å². The van der Waals surface area contributed by atoms with Gasteiger partial charge < -0.3 is 0 Å². The molecular formula is C16H20F2O. The molecule has 1 aliphatic rings. The van der Waals surface area contributed by atoms with Crippen LogP contribution >= 0.6 is 0 Å². The first-order valence-electron chi connectivity index (χ1n) is 6.98. The molecule has 0 aromatic heterocycles. The van der Waals surface area contributed by atoms with Crippen molar-refractivity contribution in [1.82, 2.24) is 0 Å². The molecule has 1 atom stereocenters. The molecule has 3 heteroatoms. The van der Waals surface area contributed by atoms with Crippen molar-refractivity contribution in [2.24, 2.45) is 5.92 Å². The van der Waals surface area contributed by atoms with Crippen molar-refractivity contribution in [3.05, 3.63) is 35.4 Å². The summed E-state index contributed by atoms with van der Waals surface area (Å²) >= 11 is 0. The number of rotatable bonds is 4. The van der Waals surface area contributed by atoms with Crippen LogP contribution in [0, 0.1) is 5.92 Å². The fourth-order valence-electron chi connectivity index (χ4n) is 2.68. The number of halogens is 2. The lowest BCUT2D eigenvalue weighted by Gasteiger charge is -2.27. The van der Waals surface area contributed by atoms with E-state index in [1.54, 1.807) is 0 Å². The number of Topliss-reactive ketones (excluding diaryl/α,β-unsaturated/α-hetero) is 1. The average Bonchev–Trinajstić information content (AvgIpc) is 2.38. The number of benzene rings is 1. The second-order valence-corrected chi connectivity index (χ2v) is 5.46. The molecule has 0 bridgehead atoms. The molecule has 0 N–H and O–H groups in total. The van der Waals surface area contributed by atoms with Crippen molar-refractivity contribution in [3.63, 3.8) is 0 Å². The van der Waals surface area contributed by atoms with Gasteiger partial charge in [-0.1, -0.05) is 31.2 Å². The van der Waals surface area contributed by atoms with Crippen molar-refractivity contribution in [2.75, 3.05) is 0 Å². The van der Waals surface area contributed by atoms with Gasteiger partial charge in [-0.15, -0.1) is 0 Å². The lowest BCUT2D eigenvalue weighted by atomic mass is 9.82. The predicted octanol–water partition coefficient (Wildman–Crippen LogP) is 4.19. The first-order valence-corrected chi connectivity index (χ1v) is 6.98. The predicted molar refractivity (Wildman–Crippen MR) is 71.4 cm³/mol. The summed E-state index contributed by atoms with van der Waals surface area (Å²) in [6.07, 6.45) is 1.98. The van der Waals surface area contributed by atoms with E-state index in [2.05, 4.69) is 6.92 Å². The summed E-state index contributed by atoms with van der Waals surface area (Å²) in [7, 11) is 0.